The van der Waals surface area contributed by atoms with E-state index in [9.17, 15) is 19.5 Å². The maximum Gasteiger partial charge on any atom is 0.411 e. The Kier molecular flexibility index (Phi) is 12.8. The molecule has 1 saturated heterocycles. The van der Waals surface area contributed by atoms with E-state index in [-0.39, 0.29) is 23.7 Å². The predicted octanol–water partition coefficient (Wildman–Crippen LogP) is 5.41. The quantitative estimate of drug-likeness (QED) is 0.133. The van der Waals surface area contributed by atoms with Gasteiger partial charge in [-0.1, -0.05) is 66.7 Å². The summed E-state index contributed by atoms with van der Waals surface area (Å²) in [6.45, 7) is 4.60. The van der Waals surface area contributed by atoms with E-state index in [1.807, 2.05) is 66.7 Å². The molecule has 10 nitrogen and oxygen atoms in total. The Morgan fingerprint density at radius 3 is 2.33 bits per heavy atom. The summed E-state index contributed by atoms with van der Waals surface area (Å²) in [5, 5.41) is 18.5. The molecule has 5 rings (SSSR count). The Labute approximate surface area is 288 Å². The van der Waals surface area contributed by atoms with Gasteiger partial charge in [-0.2, -0.15) is 0 Å². The fourth-order valence-electron chi connectivity index (χ4n) is 5.80. The summed E-state index contributed by atoms with van der Waals surface area (Å²) in [7, 11) is 1.77. The highest BCUT2D eigenvalue weighted by Gasteiger charge is 2.23. The predicted molar refractivity (Wildman–Crippen MR) is 192 cm³/mol. The molecule has 0 aromatic heterocycles. The highest BCUT2D eigenvalue weighted by atomic mass is 16.6. The van der Waals surface area contributed by atoms with Crippen molar-refractivity contribution in [1.82, 2.24) is 20.4 Å². The SMILES string of the molecule is CN(CCN1CCC(OC(=O)Nc2ccccc2-c2ccccc2)CC1)C(=O)c1cccc(C(=O)NCCNCCc2ccc(O)cc2)c1. The first-order chi connectivity index (χ1) is 23.9. The van der Waals surface area contributed by atoms with E-state index in [1.54, 1.807) is 48.3 Å². The number of likely N-dealkylation sites (tertiary alicyclic amines) is 1. The number of nitrogens with zero attached hydrogens (tertiary/aromatic N) is 2. The van der Waals surface area contributed by atoms with Gasteiger partial charge in [0.05, 0.1) is 5.69 Å². The van der Waals surface area contributed by atoms with E-state index in [0.29, 0.717) is 43.0 Å². The number of nitrogens with one attached hydrogen (secondary N) is 3. The minimum absolute atomic E-state index is 0.142. The van der Waals surface area contributed by atoms with Crippen molar-refractivity contribution in [1.29, 1.82) is 0 Å². The first-order valence-electron chi connectivity index (χ1n) is 16.8. The van der Waals surface area contributed by atoms with Crippen LogP contribution >= 0.6 is 0 Å². The van der Waals surface area contributed by atoms with Gasteiger partial charge in [0.2, 0.25) is 0 Å². The zero-order valence-electron chi connectivity index (χ0n) is 27.9. The van der Waals surface area contributed by atoms with Crippen LogP contribution in [-0.2, 0) is 11.2 Å². The van der Waals surface area contributed by atoms with Gasteiger partial charge in [-0.15, -0.1) is 0 Å². The molecule has 256 valence electrons. The molecule has 4 N–H and O–H groups in total. The molecule has 0 aliphatic carbocycles. The summed E-state index contributed by atoms with van der Waals surface area (Å²) >= 11 is 0. The molecule has 1 heterocycles. The Hall–Kier alpha value is -5.19. The zero-order valence-corrected chi connectivity index (χ0v) is 27.9. The summed E-state index contributed by atoms with van der Waals surface area (Å²) < 4.78 is 5.76. The van der Waals surface area contributed by atoms with E-state index in [4.69, 9.17) is 4.74 Å². The number of amides is 3. The van der Waals surface area contributed by atoms with Gasteiger partial charge in [-0.25, -0.2) is 4.79 Å². The first kappa shape index (κ1) is 35.1. The number of hydrogen-bond acceptors (Lipinski definition) is 7. The molecule has 10 heteroatoms. The van der Waals surface area contributed by atoms with Gasteiger partial charge < -0.3 is 30.3 Å². The van der Waals surface area contributed by atoms with Crippen LogP contribution in [0.1, 0.15) is 39.1 Å². The van der Waals surface area contributed by atoms with Gasteiger partial charge in [0, 0.05) is 63.0 Å². The molecule has 0 saturated carbocycles. The number of para-hydroxylation sites is 1. The van der Waals surface area contributed by atoms with Crippen molar-refractivity contribution in [3.05, 3.63) is 120 Å². The second-order valence-corrected chi connectivity index (χ2v) is 12.2. The molecule has 4 aromatic carbocycles. The molecule has 0 bridgehead atoms. The topological polar surface area (TPSA) is 123 Å². The van der Waals surface area contributed by atoms with Gasteiger partial charge in [-0.05, 0) is 73.3 Å². The summed E-state index contributed by atoms with van der Waals surface area (Å²) in [6.07, 6.45) is 1.63. The summed E-state index contributed by atoms with van der Waals surface area (Å²) in [4.78, 5) is 42.6. The second-order valence-electron chi connectivity index (χ2n) is 12.2. The number of hydrogen-bond donors (Lipinski definition) is 4. The van der Waals surface area contributed by atoms with Gasteiger partial charge in [0.25, 0.3) is 11.8 Å². The van der Waals surface area contributed by atoms with E-state index in [1.165, 1.54) is 0 Å². The lowest BCUT2D eigenvalue weighted by atomic mass is 10.0. The van der Waals surface area contributed by atoms with E-state index in [2.05, 4.69) is 20.9 Å². The van der Waals surface area contributed by atoms with Crippen molar-refractivity contribution in [3.8, 4) is 16.9 Å². The molecule has 0 unspecified atom stereocenters. The van der Waals surface area contributed by atoms with E-state index >= 15 is 0 Å². The lowest BCUT2D eigenvalue weighted by Crippen LogP contribution is -2.42. The summed E-state index contributed by atoms with van der Waals surface area (Å²) in [5.74, 6) is -0.116. The number of piperidine rings is 1. The lowest BCUT2D eigenvalue weighted by Gasteiger charge is -2.32. The molecule has 4 aromatic rings. The average Bonchev–Trinajstić information content (AvgIpc) is 3.13. The van der Waals surface area contributed by atoms with Gasteiger partial charge in [0.15, 0.2) is 0 Å². The normalized spacial score (nSPS) is 13.4. The Morgan fingerprint density at radius 2 is 1.55 bits per heavy atom. The average molecular weight is 664 g/mol. The van der Waals surface area contributed by atoms with Crippen LogP contribution in [0.5, 0.6) is 5.75 Å². The van der Waals surface area contributed by atoms with Crippen LogP contribution < -0.4 is 16.0 Å². The highest BCUT2D eigenvalue weighted by molar-refractivity contribution is 5.99. The highest BCUT2D eigenvalue weighted by Crippen LogP contribution is 2.28. The number of ether oxygens (including phenoxy) is 1. The fraction of sp³-hybridized carbons (Fsp3) is 0.308. The van der Waals surface area contributed by atoms with Crippen LogP contribution in [0.2, 0.25) is 0 Å². The van der Waals surface area contributed by atoms with Crippen molar-refractivity contribution in [3.63, 3.8) is 0 Å². The summed E-state index contributed by atoms with van der Waals surface area (Å²) in [5.41, 5.74) is 4.70. The number of aromatic hydroxyl groups is 1. The molecule has 0 spiro atoms. The van der Waals surface area contributed by atoms with E-state index in [0.717, 1.165) is 55.6 Å². The molecule has 1 aliphatic rings. The third-order valence-electron chi connectivity index (χ3n) is 8.64. The maximum atomic E-state index is 13.2. The van der Waals surface area contributed by atoms with Crippen LogP contribution in [0.3, 0.4) is 0 Å². The number of phenols is 1. The number of benzene rings is 4. The largest absolute Gasteiger partial charge is 0.508 e. The minimum Gasteiger partial charge on any atom is -0.508 e. The Balaban J connectivity index is 0.989. The van der Waals surface area contributed by atoms with Crippen LogP contribution in [0.25, 0.3) is 11.1 Å². The number of carbonyl (C=O) groups excluding carboxylic acids is 3. The van der Waals surface area contributed by atoms with Crippen molar-refractivity contribution in [2.24, 2.45) is 0 Å². The third kappa shape index (κ3) is 10.7. The van der Waals surface area contributed by atoms with Gasteiger partial charge >= 0.3 is 6.09 Å². The van der Waals surface area contributed by atoms with Crippen molar-refractivity contribution in [2.45, 2.75) is 25.4 Å². The molecule has 1 fully saturated rings. The Bertz CT molecular complexity index is 1670. The fourth-order valence-corrected chi connectivity index (χ4v) is 5.80. The smallest absolute Gasteiger partial charge is 0.411 e. The monoisotopic (exact) mass is 663 g/mol. The van der Waals surface area contributed by atoms with Gasteiger partial charge in [-0.3, -0.25) is 14.9 Å². The van der Waals surface area contributed by atoms with Crippen LogP contribution in [0.4, 0.5) is 10.5 Å². The standard InChI is InChI=1S/C39H45N5O5/c1-43(38(47)32-11-7-10-31(28-32)37(46)41-23-22-40-21-18-29-14-16-33(45)17-15-29)26-27-44-24-19-34(20-25-44)49-39(48)42-36-13-6-5-12-35(36)30-8-3-2-4-9-30/h2-17,28,34,40,45H,18-27H2,1H3,(H,41,46)(H,42,48). The van der Waals surface area contributed by atoms with E-state index < -0.39 is 6.09 Å². The van der Waals surface area contributed by atoms with Gasteiger partial charge in [0.1, 0.15) is 11.9 Å². The van der Waals surface area contributed by atoms with Crippen LogP contribution in [-0.4, -0.2) is 91.8 Å². The molecule has 49 heavy (non-hydrogen) atoms. The molecular formula is C39H45N5O5. The van der Waals surface area contributed by atoms with Crippen molar-refractivity contribution in [2.75, 3.05) is 58.2 Å². The molecule has 0 radical (unpaired) electrons. The molecule has 0 atom stereocenters. The van der Waals surface area contributed by atoms with Crippen molar-refractivity contribution < 1.29 is 24.2 Å². The number of phenolic OH excluding ortho intramolecular Hbond substituents is 1. The van der Waals surface area contributed by atoms with Crippen molar-refractivity contribution >= 4 is 23.6 Å². The van der Waals surface area contributed by atoms with Crippen LogP contribution in [0, 0.1) is 0 Å². The lowest BCUT2D eigenvalue weighted by molar-refractivity contribution is 0.0540. The Morgan fingerprint density at radius 1 is 0.837 bits per heavy atom. The minimum atomic E-state index is -0.457. The second kappa shape index (κ2) is 17.8. The number of likely N-dealkylation sites (N-methyl/N-ethyl adjacent to an activating group) is 1. The first-order valence-corrected chi connectivity index (χ1v) is 16.8. The zero-order chi connectivity index (χ0) is 34.4. The number of rotatable bonds is 14. The number of anilines is 1. The van der Waals surface area contributed by atoms with Crippen LogP contribution in [0.15, 0.2) is 103 Å². The number of carbonyl (C=O) groups is 3. The molecule has 3 amide bonds. The molecule has 1 aliphatic heterocycles. The molecular weight excluding hydrogens is 618 g/mol. The maximum absolute atomic E-state index is 13.2. The third-order valence-corrected chi connectivity index (χ3v) is 8.64. The summed E-state index contributed by atoms with van der Waals surface area (Å²) in [6, 6.07) is 31.5.